The van der Waals surface area contributed by atoms with Gasteiger partial charge in [0.1, 0.15) is 5.76 Å². The molecule has 0 unspecified atom stereocenters. The Balaban J connectivity index is 2.52. The van der Waals surface area contributed by atoms with Gasteiger partial charge in [-0.2, -0.15) is 4.98 Å². The molecule has 0 saturated heterocycles. The van der Waals surface area contributed by atoms with Crippen molar-refractivity contribution in [2.45, 2.75) is 26.7 Å². The first-order valence-corrected chi connectivity index (χ1v) is 5.09. The summed E-state index contributed by atoms with van der Waals surface area (Å²) in [6.45, 7) is 4.27. The quantitative estimate of drug-likeness (QED) is 0.696. The van der Waals surface area contributed by atoms with E-state index in [2.05, 4.69) is 18.8 Å². The number of nitrogens with zero attached hydrogens (tertiary/aromatic N) is 2. The van der Waals surface area contributed by atoms with Crippen LogP contribution in [0.3, 0.4) is 0 Å². The summed E-state index contributed by atoms with van der Waals surface area (Å²) < 4.78 is 5.61. The van der Waals surface area contributed by atoms with E-state index >= 15 is 0 Å². The summed E-state index contributed by atoms with van der Waals surface area (Å²) in [5.41, 5.74) is 0.744. The molecule has 0 bridgehead atoms. The first kappa shape index (κ1) is 10.2. The van der Waals surface area contributed by atoms with Gasteiger partial charge < -0.3 is 9.32 Å². The number of anilines is 1. The minimum atomic E-state index is -0.134. The van der Waals surface area contributed by atoms with Crippen molar-refractivity contribution >= 4 is 6.01 Å². The summed E-state index contributed by atoms with van der Waals surface area (Å²) >= 11 is 0. The van der Waals surface area contributed by atoms with Crippen LogP contribution in [0.4, 0.5) is 6.01 Å². The van der Waals surface area contributed by atoms with Crippen molar-refractivity contribution in [2.24, 2.45) is 5.41 Å². The van der Waals surface area contributed by atoms with Gasteiger partial charge in [0, 0.05) is 20.5 Å². The molecule has 4 nitrogen and oxygen atoms in total. The maximum absolute atomic E-state index is 11.7. The minimum absolute atomic E-state index is 0.123. The van der Waals surface area contributed by atoms with Crippen molar-refractivity contribution in [3.8, 4) is 0 Å². The third-order valence-corrected chi connectivity index (χ3v) is 2.68. The van der Waals surface area contributed by atoms with Gasteiger partial charge in [-0.25, -0.2) is 0 Å². The molecule has 1 heterocycles. The van der Waals surface area contributed by atoms with E-state index in [-0.39, 0.29) is 11.0 Å². The summed E-state index contributed by atoms with van der Waals surface area (Å²) in [5, 5.41) is 0. The van der Waals surface area contributed by atoms with Crippen molar-refractivity contribution in [3.63, 3.8) is 0 Å². The Labute approximate surface area is 88.9 Å². The van der Waals surface area contributed by atoms with Crippen LogP contribution in [0, 0.1) is 5.41 Å². The predicted molar refractivity (Wildman–Crippen MR) is 58.3 cm³/mol. The normalized spacial score (nSPS) is 17.6. The van der Waals surface area contributed by atoms with Gasteiger partial charge >= 0.3 is 0 Å². The largest absolute Gasteiger partial charge is 0.430 e. The molecule has 0 spiro atoms. The molecule has 0 aromatic carbocycles. The number of rotatable bonds is 1. The van der Waals surface area contributed by atoms with Crippen molar-refractivity contribution in [1.82, 2.24) is 4.98 Å². The maximum Gasteiger partial charge on any atom is 0.300 e. The van der Waals surface area contributed by atoms with Crippen LogP contribution in [-0.2, 0) is 12.8 Å². The van der Waals surface area contributed by atoms with Crippen LogP contribution in [-0.4, -0.2) is 19.1 Å². The van der Waals surface area contributed by atoms with E-state index in [4.69, 9.17) is 4.42 Å². The fraction of sp³-hybridized carbons (Fsp3) is 0.636. The third kappa shape index (κ3) is 1.76. The molecule has 0 amide bonds. The first-order valence-electron chi connectivity index (χ1n) is 5.09. The van der Waals surface area contributed by atoms with Gasteiger partial charge in [-0.05, 0) is 11.8 Å². The zero-order valence-electron chi connectivity index (χ0n) is 9.63. The molecular formula is C11H16N2O2. The van der Waals surface area contributed by atoms with E-state index in [0.29, 0.717) is 6.01 Å². The smallest absolute Gasteiger partial charge is 0.300 e. The average molecular weight is 208 g/mol. The summed E-state index contributed by atoms with van der Waals surface area (Å²) in [5.74, 6) is 0.809. The molecule has 82 valence electrons. The molecule has 0 saturated carbocycles. The van der Waals surface area contributed by atoms with E-state index in [1.54, 1.807) is 4.90 Å². The number of hydrogen-bond donors (Lipinski definition) is 0. The van der Waals surface area contributed by atoms with Crippen LogP contribution in [0.1, 0.15) is 25.2 Å². The second kappa shape index (κ2) is 3.08. The van der Waals surface area contributed by atoms with Crippen LogP contribution < -0.4 is 10.5 Å². The predicted octanol–water partition coefficient (Wildman–Crippen LogP) is 1.23. The van der Waals surface area contributed by atoms with E-state index < -0.39 is 0 Å². The molecule has 0 N–H and O–H groups in total. The fourth-order valence-electron chi connectivity index (χ4n) is 1.95. The minimum Gasteiger partial charge on any atom is -0.430 e. The van der Waals surface area contributed by atoms with Crippen molar-refractivity contribution in [3.05, 3.63) is 21.7 Å². The highest BCUT2D eigenvalue weighted by Gasteiger charge is 2.33. The lowest BCUT2D eigenvalue weighted by Crippen LogP contribution is -2.19. The van der Waals surface area contributed by atoms with Crippen LogP contribution >= 0.6 is 0 Å². The molecule has 2 rings (SSSR count). The second-order valence-corrected chi connectivity index (χ2v) is 5.12. The lowest BCUT2D eigenvalue weighted by Gasteiger charge is -2.13. The Morgan fingerprint density at radius 2 is 2.00 bits per heavy atom. The van der Waals surface area contributed by atoms with Crippen LogP contribution in [0.25, 0.3) is 0 Å². The summed E-state index contributed by atoms with van der Waals surface area (Å²) in [6, 6.07) is 0.399. The number of hydrogen-bond acceptors (Lipinski definition) is 4. The standard InChI is InChI=1S/C11H16N2O2/c1-11(2)5-7-8(6-11)15-10(13(3)4)12-9(7)14/h5-6H2,1-4H3. The molecular weight excluding hydrogens is 192 g/mol. The molecule has 0 fully saturated rings. The molecule has 0 radical (unpaired) electrons. The molecule has 15 heavy (non-hydrogen) atoms. The number of fused-ring (bicyclic) bond motifs is 1. The van der Waals surface area contributed by atoms with Crippen LogP contribution in [0.5, 0.6) is 0 Å². The summed E-state index contributed by atoms with van der Waals surface area (Å²) in [7, 11) is 3.63. The molecule has 1 aromatic rings. The Morgan fingerprint density at radius 3 is 2.60 bits per heavy atom. The molecule has 4 heteroatoms. The number of aromatic nitrogens is 1. The molecule has 0 aliphatic heterocycles. The zero-order valence-corrected chi connectivity index (χ0v) is 9.63. The highest BCUT2D eigenvalue weighted by molar-refractivity contribution is 5.30. The van der Waals surface area contributed by atoms with Crippen molar-refractivity contribution < 1.29 is 4.42 Å². The maximum atomic E-state index is 11.7. The molecule has 1 aromatic heterocycles. The lowest BCUT2D eigenvalue weighted by atomic mass is 9.91. The third-order valence-electron chi connectivity index (χ3n) is 2.68. The van der Waals surface area contributed by atoms with Gasteiger partial charge in [-0.1, -0.05) is 13.8 Å². The zero-order chi connectivity index (χ0) is 11.2. The summed E-state index contributed by atoms with van der Waals surface area (Å²) in [4.78, 5) is 17.4. The molecule has 1 aliphatic rings. The lowest BCUT2D eigenvalue weighted by molar-refractivity contribution is 0.367. The van der Waals surface area contributed by atoms with E-state index in [1.165, 1.54) is 0 Å². The van der Waals surface area contributed by atoms with E-state index in [1.807, 2.05) is 14.1 Å². The van der Waals surface area contributed by atoms with Gasteiger partial charge in [0.2, 0.25) is 0 Å². The van der Waals surface area contributed by atoms with Gasteiger partial charge in [-0.3, -0.25) is 4.79 Å². The molecule has 0 atom stereocenters. The van der Waals surface area contributed by atoms with Crippen molar-refractivity contribution in [1.29, 1.82) is 0 Å². The van der Waals surface area contributed by atoms with Crippen LogP contribution in [0.2, 0.25) is 0 Å². The average Bonchev–Trinajstić information content (AvgIpc) is 2.39. The highest BCUT2D eigenvalue weighted by atomic mass is 16.4. The summed E-state index contributed by atoms with van der Waals surface area (Å²) in [6.07, 6.45) is 1.59. The van der Waals surface area contributed by atoms with Crippen LogP contribution in [0.15, 0.2) is 9.21 Å². The van der Waals surface area contributed by atoms with Gasteiger partial charge in [0.25, 0.3) is 11.6 Å². The molecule has 1 aliphatic carbocycles. The second-order valence-electron chi connectivity index (χ2n) is 5.12. The van der Waals surface area contributed by atoms with E-state index in [0.717, 1.165) is 24.2 Å². The highest BCUT2D eigenvalue weighted by Crippen LogP contribution is 2.34. The Bertz CT molecular complexity index is 446. The first-order chi connectivity index (χ1) is 6.89. The van der Waals surface area contributed by atoms with E-state index in [9.17, 15) is 4.79 Å². The SMILES string of the molecule is CN(C)c1nc(=O)c2c(o1)CC(C)(C)C2. The topological polar surface area (TPSA) is 46.3 Å². The Kier molecular flexibility index (Phi) is 2.10. The Morgan fingerprint density at radius 1 is 1.33 bits per heavy atom. The van der Waals surface area contributed by atoms with Gasteiger partial charge in [0.05, 0.1) is 5.56 Å². The monoisotopic (exact) mass is 208 g/mol. The van der Waals surface area contributed by atoms with Gasteiger partial charge in [0.15, 0.2) is 0 Å². The Hall–Kier alpha value is -1.32. The fourth-order valence-corrected chi connectivity index (χ4v) is 1.95. The van der Waals surface area contributed by atoms with Gasteiger partial charge in [-0.15, -0.1) is 0 Å². The van der Waals surface area contributed by atoms with Crippen molar-refractivity contribution in [2.75, 3.05) is 19.0 Å².